The number of hydrogen-bond donors (Lipinski definition) is 0. The van der Waals surface area contributed by atoms with Crippen LogP contribution < -0.4 is 0 Å². The zero-order valence-corrected chi connectivity index (χ0v) is 14.7. The smallest absolute Gasteiger partial charge is 0.429 e. The van der Waals surface area contributed by atoms with E-state index in [2.05, 4.69) is 0 Å². The van der Waals surface area contributed by atoms with Gasteiger partial charge in [-0.25, -0.2) is 19.6 Å². The van der Waals surface area contributed by atoms with Gasteiger partial charge < -0.3 is 9.47 Å². The molecule has 0 radical (unpaired) electrons. The number of rotatable bonds is 4. The Hall–Kier alpha value is -3.28. The van der Waals surface area contributed by atoms with Gasteiger partial charge in [-0.3, -0.25) is 0 Å². The highest BCUT2D eigenvalue weighted by atomic mass is 16.6. The second-order valence-electron chi connectivity index (χ2n) is 6.52. The molecule has 6 heteroatoms. The van der Waals surface area contributed by atoms with Gasteiger partial charge in [0.05, 0.1) is 12.1 Å². The normalized spacial score (nSPS) is 20.0. The van der Waals surface area contributed by atoms with Crippen molar-refractivity contribution >= 4 is 12.2 Å². The number of carbonyl (C=O) groups excluding carboxylic acids is 2. The molecule has 2 aromatic rings. The predicted molar refractivity (Wildman–Crippen MR) is 98.3 cm³/mol. The summed E-state index contributed by atoms with van der Waals surface area (Å²) in [4.78, 5) is 25.2. The first-order valence-corrected chi connectivity index (χ1v) is 8.90. The Bertz CT molecular complexity index is 768. The number of hydrogen-bond acceptors (Lipinski definition) is 4. The Morgan fingerprint density at radius 1 is 0.741 bits per heavy atom. The molecule has 0 spiro atoms. The molecule has 2 amide bonds. The number of hydrazine groups is 1. The second kappa shape index (κ2) is 7.53. The Kier molecular flexibility index (Phi) is 4.78. The summed E-state index contributed by atoms with van der Waals surface area (Å²) in [5, 5.41) is 2.72. The van der Waals surface area contributed by atoms with Crippen LogP contribution in [0.3, 0.4) is 0 Å². The average molecular weight is 364 g/mol. The van der Waals surface area contributed by atoms with Crippen LogP contribution in [0.25, 0.3) is 0 Å². The zero-order valence-electron chi connectivity index (χ0n) is 14.7. The van der Waals surface area contributed by atoms with Gasteiger partial charge in [-0.15, -0.1) is 0 Å². The number of fused-ring (bicyclic) bond motifs is 2. The van der Waals surface area contributed by atoms with Gasteiger partial charge >= 0.3 is 12.2 Å². The van der Waals surface area contributed by atoms with Crippen molar-refractivity contribution in [2.75, 3.05) is 0 Å². The maximum absolute atomic E-state index is 12.6. The summed E-state index contributed by atoms with van der Waals surface area (Å²) < 4.78 is 10.8. The summed E-state index contributed by atoms with van der Waals surface area (Å²) in [5.41, 5.74) is 1.79. The molecule has 2 aliphatic rings. The van der Waals surface area contributed by atoms with Gasteiger partial charge in [-0.1, -0.05) is 72.8 Å². The van der Waals surface area contributed by atoms with E-state index in [4.69, 9.17) is 9.47 Å². The highest BCUT2D eigenvalue weighted by Gasteiger charge is 2.48. The minimum absolute atomic E-state index is 0.157. The van der Waals surface area contributed by atoms with Crippen molar-refractivity contribution in [3.63, 3.8) is 0 Å². The van der Waals surface area contributed by atoms with Crippen LogP contribution in [0.1, 0.15) is 17.5 Å². The van der Waals surface area contributed by atoms with E-state index < -0.39 is 12.2 Å². The molecule has 2 atom stereocenters. The number of amides is 2. The lowest BCUT2D eigenvalue weighted by Crippen LogP contribution is -2.51. The summed E-state index contributed by atoms with van der Waals surface area (Å²) in [7, 11) is 0. The molecule has 0 unspecified atom stereocenters. The van der Waals surface area contributed by atoms with Crippen molar-refractivity contribution in [1.29, 1.82) is 0 Å². The van der Waals surface area contributed by atoms with Crippen LogP contribution in [0, 0.1) is 0 Å². The Balaban J connectivity index is 1.40. The van der Waals surface area contributed by atoms with Crippen LogP contribution in [0.15, 0.2) is 72.8 Å². The van der Waals surface area contributed by atoms with Crippen LogP contribution in [0.5, 0.6) is 0 Å². The van der Waals surface area contributed by atoms with Crippen LogP contribution >= 0.6 is 0 Å². The topological polar surface area (TPSA) is 59.1 Å². The van der Waals surface area contributed by atoms with Crippen molar-refractivity contribution in [2.45, 2.75) is 31.7 Å². The first kappa shape index (κ1) is 17.1. The number of benzene rings is 2. The van der Waals surface area contributed by atoms with Crippen molar-refractivity contribution in [3.8, 4) is 0 Å². The van der Waals surface area contributed by atoms with E-state index in [1.165, 1.54) is 10.0 Å². The molecule has 138 valence electrons. The third kappa shape index (κ3) is 3.65. The van der Waals surface area contributed by atoms with Gasteiger partial charge in [0.25, 0.3) is 0 Å². The van der Waals surface area contributed by atoms with Gasteiger partial charge in [0, 0.05) is 0 Å². The Labute approximate surface area is 157 Å². The lowest BCUT2D eigenvalue weighted by atomic mass is 10.2. The molecule has 0 aromatic heterocycles. The molecule has 1 aliphatic carbocycles. The summed E-state index contributed by atoms with van der Waals surface area (Å²) in [6.07, 6.45) is 3.42. The van der Waals surface area contributed by atoms with Crippen LogP contribution in [0.4, 0.5) is 9.59 Å². The SMILES string of the molecule is O=C(OCc1ccccc1)N1[C@@H]2C=C[C@@H](C2)N1C(=O)OCc1ccccc1. The van der Waals surface area contributed by atoms with Gasteiger partial charge in [-0.2, -0.15) is 0 Å². The highest BCUT2D eigenvalue weighted by Crippen LogP contribution is 2.33. The van der Waals surface area contributed by atoms with Gasteiger partial charge in [-0.05, 0) is 17.5 Å². The Morgan fingerprint density at radius 3 is 1.56 bits per heavy atom. The first-order valence-electron chi connectivity index (χ1n) is 8.90. The lowest BCUT2D eigenvalue weighted by Gasteiger charge is -2.33. The lowest BCUT2D eigenvalue weighted by molar-refractivity contribution is -0.0194. The van der Waals surface area contributed by atoms with E-state index in [1.54, 1.807) is 0 Å². The maximum atomic E-state index is 12.6. The predicted octanol–water partition coefficient (Wildman–Crippen LogP) is 3.89. The second-order valence-corrected chi connectivity index (χ2v) is 6.52. The molecule has 27 heavy (non-hydrogen) atoms. The minimum Gasteiger partial charge on any atom is -0.443 e. The molecular weight excluding hydrogens is 344 g/mol. The highest BCUT2D eigenvalue weighted by molar-refractivity contribution is 5.76. The summed E-state index contributed by atoms with van der Waals surface area (Å²) in [6, 6.07) is 18.5. The largest absolute Gasteiger partial charge is 0.443 e. The maximum Gasteiger partial charge on any atom is 0.429 e. The monoisotopic (exact) mass is 364 g/mol. The van der Waals surface area contributed by atoms with Gasteiger partial charge in [0.1, 0.15) is 13.2 Å². The summed E-state index contributed by atoms with van der Waals surface area (Å²) in [5.74, 6) is 0. The average Bonchev–Trinajstić information content (AvgIpc) is 3.33. The quantitative estimate of drug-likeness (QED) is 0.773. The van der Waals surface area contributed by atoms with E-state index in [9.17, 15) is 9.59 Å². The van der Waals surface area contributed by atoms with Crippen LogP contribution in [-0.2, 0) is 22.7 Å². The van der Waals surface area contributed by atoms with E-state index in [0.29, 0.717) is 6.42 Å². The van der Waals surface area contributed by atoms with Crippen molar-refractivity contribution in [1.82, 2.24) is 10.0 Å². The number of ether oxygens (including phenoxy) is 2. The fraction of sp³-hybridized carbons (Fsp3) is 0.238. The summed E-state index contributed by atoms with van der Waals surface area (Å²) in [6.45, 7) is 0.314. The first-order chi connectivity index (χ1) is 13.2. The van der Waals surface area contributed by atoms with Crippen molar-refractivity contribution < 1.29 is 19.1 Å². The molecule has 0 N–H and O–H groups in total. The van der Waals surface area contributed by atoms with E-state index >= 15 is 0 Å². The molecule has 1 saturated heterocycles. The van der Waals surface area contributed by atoms with E-state index in [1.807, 2.05) is 72.8 Å². The fourth-order valence-corrected chi connectivity index (χ4v) is 3.36. The Morgan fingerprint density at radius 2 is 1.15 bits per heavy atom. The van der Waals surface area contributed by atoms with Gasteiger partial charge in [0.2, 0.25) is 0 Å². The molecule has 2 bridgehead atoms. The number of carbonyl (C=O) groups is 2. The molecule has 1 fully saturated rings. The minimum atomic E-state index is -0.549. The third-order valence-corrected chi connectivity index (χ3v) is 4.68. The third-order valence-electron chi connectivity index (χ3n) is 4.68. The molecule has 4 rings (SSSR count). The van der Waals surface area contributed by atoms with Crippen LogP contribution in [0.2, 0.25) is 0 Å². The van der Waals surface area contributed by atoms with Crippen LogP contribution in [-0.4, -0.2) is 34.3 Å². The zero-order chi connectivity index (χ0) is 18.6. The molecule has 1 heterocycles. The summed E-state index contributed by atoms with van der Waals surface area (Å²) >= 11 is 0. The molecule has 1 aliphatic heterocycles. The van der Waals surface area contributed by atoms with E-state index in [0.717, 1.165) is 11.1 Å². The van der Waals surface area contributed by atoms with Crippen molar-refractivity contribution in [3.05, 3.63) is 83.9 Å². The molecule has 2 aromatic carbocycles. The van der Waals surface area contributed by atoms with Crippen molar-refractivity contribution in [2.24, 2.45) is 0 Å². The van der Waals surface area contributed by atoms with E-state index in [-0.39, 0.29) is 25.3 Å². The molecule has 6 nitrogen and oxygen atoms in total. The van der Waals surface area contributed by atoms with Gasteiger partial charge in [0.15, 0.2) is 0 Å². The fourth-order valence-electron chi connectivity index (χ4n) is 3.36. The standard InChI is InChI=1S/C21H20N2O4/c24-20(26-14-16-7-3-1-4-8-16)22-18-11-12-19(13-18)23(22)21(25)27-15-17-9-5-2-6-10-17/h1-12,18-19H,13-15H2/t18-,19+. The number of nitrogens with zero attached hydrogens (tertiary/aromatic N) is 2. The molecule has 0 saturated carbocycles. The molecular formula is C21H20N2O4.